The van der Waals surface area contributed by atoms with E-state index in [0.717, 1.165) is 35.8 Å². The minimum Gasteiger partial charge on any atom is -0.352 e. The van der Waals surface area contributed by atoms with Crippen molar-refractivity contribution in [3.05, 3.63) is 52.1 Å². The lowest BCUT2D eigenvalue weighted by atomic mass is 10.1. The number of para-hydroxylation sites is 1. The Bertz CT molecular complexity index is 1020. The van der Waals surface area contributed by atoms with E-state index in [9.17, 15) is 9.59 Å². The van der Waals surface area contributed by atoms with Crippen molar-refractivity contribution >= 4 is 28.6 Å². The van der Waals surface area contributed by atoms with Crippen molar-refractivity contribution in [2.24, 2.45) is 5.92 Å². The zero-order valence-electron chi connectivity index (χ0n) is 16.4. The molecule has 8 heteroatoms. The molecule has 7 nitrogen and oxygen atoms in total. The molecule has 0 fully saturated rings. The first-order valence-corrected chi connectivity index (χ1v) is 10.6. The van der Waals surface area contributed by atoms with Crippen LogP contribution in [0.25, 0.3) is 10.9 Å². The van der Waals surface area contributed by atoms with Crippen LogP contribution in [0.2, 0.25) is 0 Å². The van der Waals surface area contributed by atoms with E-state index < -0.39 is 0 Å². The maximum Gasteiger partial charge on any atom is 0.252 e. The summed E-state index contributed by atoms with van der Waals surface area (Å²) in [4.78, 5) is 27.2. The van der Waals surface area contributed by atoms with Crippen molar-refractivity contribution in [1.29, 1.82) is 0 Å². The lowest BCUT2D eigenvalue weighted by molar-refractivity contribution is 0.0954. The molecule has 2 aromatic heterocycles. The Labute approximate surface area is 167 Å². The van der Waals surface area contributed by atoms with Gasteiger partial charge in [0, 0.05) is 36.5 Å². The Kier molecular flexibility index (Phi) is 6.51. The Morgan fingerprint density at radius 2 is 2.07 bits per heavy atom. The van der Waals surface area contributed by atoms with Gasteiger partial charge in [0.2, 0.25) is 5.56 Å². The van der Waals surface area contributed by atoms with Gasteiger partial charge in [-0.15, -0.1) is 10.2 Å². The molecule has 0 saturated carbocycles. The maximum atomic E-state index is 12.6. The lowest BCUT2D eigenvalue weighted by Gasteiger charge is -2.12. The van der Waals surface area contributed by atoms with Gasteiger partial charge in [0.1, 0.15) is 5.82 Å². The highest BCUT2D eigenvalue weighted by molar-refractivity contribution is 7.98. The van der Waals surface area contributed by atoms with Crippen LogP contribution in [0.4, 0.5) is 0 Å². The molecular weight excluding hydrogens is 374 g/mol. The van der Waals surface area contributed by atoms with E-state index in [4.69, 9.17) is 0 Å². The van der Waals surface area contributed by atoms with Crippen molar-refractivity contribution in [2.45, 2.75) is 38.4 Å². The third-order valence-corrected chi connectivity index (χ3v) is 5.05. The number of benzene rings is 1. The first-order chi connectivity index (χ1) is 13.5. The van der Waals surface area contributed by atoms with Crippen LogP contribution in [0.3, 0.4) is 0 Å². The van der Waals surface area contributed by atoms with Crippen LogP contribution >= 0.6 is 11.8 Å². The topological polar surface area (TPSA) is 92.7 Å². The second-order valence-electron chi connectivity index (χ2n) is 7.06. The zero-order chi connectivity index (χ0) is 20.1. The van der Waals surface area contributed by atoms with Crippen molar-refractivity contribution in [1.82, 2.24) is 25.1 Å². The number of carbonyl (C=O) groups is 1. The van der Waals surface area contributed by atoms with E-state index in [1.807, 2.05) is 24.5 Å². The number of pyridine rings is 1. The Hall–Kier alpha value is -2.61. The molecule has 28 heavy (non-hydrogen) atoms. The molecule has 148 valence electrons. The van der Waals surface area contributed by atoms with Gasteiger partial charge in [-0.05, 0) is 24.7 Å². The molecule has 2 N–H and O–H groups in total. The molecule has 3 aromatic rings. The highest BCUT2D eigenvalue weighted by Gasteiger charge is 2.14. The summed E-state index contributed by atoms with van der Waals surface area (Å²) < 4.78 is 2.15. The van der Waals surface area contributed by atoms with Crippen LogP contribution in [0.5, 0.6) is 0 Å². The summed E-state index contributed by atoms with van der Waals surface area (Å²) in [6.07, 6.45) is 3.48. The predicted molar refractivity (Wildman–Crippen MR) is 112 cm³/mol. The molecule has 1 aromatic carbocycles. The SMILES string of the molecule is CSc1nnc(CCCNC(=O)c2cc(=O)[nH]c3ccccc23)n1CC(C)C. The summed E-state index contributed by atoms with van der Waals surface area (Å²) in [5.41, 5.74) is 0.772. The van der Waals surface area contributed by atoms with E-state index in [2.05, 4.69) is 38.9 Å². The lowest BCUT2D eigenvalue weighted by Crippen LogP contribution is -2.26. The number of carbonyl (C=O) groups excluding carboxylic acids is 1. The van der Waals surface area contributed by atoms with Crippen molar-refractivity contribution < 1.29 is 4.79 Å². The van der Waals surface area contributed by atoms with Crippen LogP contribution < -0.4 is 10.9 Å². The van der Waals surface area contributed by atoms with E-state index in [-0.39, 0.29) is 11.5 Å². The molecule has 0 saturated heterocycles. The van der Waals surface area contributed by atoms with Gasteiger partial charge >= 0.3 is 0 Å². The first kappa shape index (κ1) is 20.1. The minimum absolute atomic E-state index is 0.240. The molecule has 0 atom stereocenters. The highest BCUT2D eigenvalue weighted by Crippen LogP contribution is 2.17. The van der Waals surface area contributed by atoms with Gasteiger partial charge in [0.25, 0.3) is 5.91 Å². The summed E-state index contributed by atoms with van der Waals surface area (Å²) in [7, 11) is 0. The van der Waals surface area contributed by atoms with E-state index in [1.165, 1.54) is 6.07 Å². The fourth-order valence-corrected chi connectivity index (χ4v) is 3.66. The van der Waals surface area contributed by atoms with Crippen LogP contribution in [-0.4, -0.2) is 38.5 Å². The Morgan fingerprint density at radius 3 is 2.82 bits per heavy atom. The third kappa shape index (κ3) is 4.62. The highest BCUT2D eigenvalue weighted by atomic mass is 32.2. The number of nitrogens with one attached hydrogen (secondary N) is 2. The summed E-state index contributed by atoms with van der Waals surface area (Å²) in [6, 6.07) is 8.65. The molecule has 0 spiro atoms. The molecule has 0 radical (unpaired) electrons. The number of rotatable bonds is 8. The summed E-state index contributed by atoms with van der Waals surface area (Å²) in [5.74, 6) is 1.20. The monoisotopic (exact) mass is 399 g/mol. The molecule has 0 aliphatic carbocycles. The van der Waals surface area contributed by atoms with Gasteiger partial charge in [-0.2, -0.15) is 0 Å². The van der Waals surface area contributed by atoms with E-state index in [0.29, 0.717) is 23.5 Å². The van der Waals surface area contributed by atoms with Crippen molar-refractivity contribution in [3.8, 4) is 0 Å². The average Bonchev–Trinajstić information content (AvgIpc) is 3.05. The van der Waals surface area contributed by atoms with Gasteiger partial charge in [-0.3, -0.25) is 9.59 Å². The Balaban J connectivity index is 1.63. The fraction of sp³-hybridized carbons (Fsp3) is 0.400. The molecule has 0 aliphatic rings. The number of fused-ring (bicyclic) bond motifs is 1. The number of aryl methyl sites for hydroxylation is 1. The smallest absolute Gasteiger partial charge is 0.252 e. The molecule has 0 aliphatic heterocycles. The van der Waals surface area contributed by atoms with Crippen LogP contribution in [0, 0.1) is 5.92 Å². The van der Waals surface area contributed by atoms with Crippen LogP contribution in [0.15, 0.2) is 40.3 Å². The van der Waals surface area contributed by atoms with Gasteiger partial charge in [0.15, 0.2) is 5.16 Å². The predicted octanol–water partition coefficient (Wildman–Crippen LogP) is 2.86. The number of amides is 1. The molecule has 0 unspecified atom stereocenters. The molecule has 0 bridgehead atoms. The largest absolute Gasteiger partial charge is 0.352 e. The maximum absolute atomic E-state index is 12.6. The quantitative estimate of drug-likeness (QED) is 0.449. The van der Waals surface area contributed by atoms with E-state index >= 15 is 0 Å². The summed E-state index contributed by atoms with van der Waals surface area (Å²) in [6.45, 7) is 5.72. The summed E-state index contributed by atoms with van der Waals surface area (Å²) in [5, 5.41) is 13.1. The number of nitrogens with zero attached hydrogens (tertiary/aromatic N) is 3. The fourth-order valence-electron chi connectivity index (χ4n) is 3.14. The average molecular weight is 400 g/mol. The minimum atomic E-state index is -0.282. The third-order valence-electron chi connectivity index (χ3n) is 4.38. The first-order valence-electron chi connectivity index (χ1n) is 9.36. The number of aromatic nitrogens is 4. The zero-order valence-corrected chi connectivity index (χ0v) is 17.2. The number of hydrogen-bond acceptors (Lipinski definition) is 5. The van der Waals surface area contributed by atoms with Gasteiger partial charge in [-0.25, -0.2) is 0 Å². The molecular formula is C20H25N5O2S. The number of hydrogen-bond donors (Lipinski definition) is 2. The van der Waals surface area contributed by atoms with Gasteiger partial charge in [-0.1, -0.05) is 43.8 Å². The normalized spacial score (nSPS) is 11.3. The van der Waals surface area contributed by atoms with Gasteiger partial charge in [0.05, 0.1) is 5.56 Å². The molecule has 1 amide bonds. The van der Waals surface area contributed by atoms with Crippen LogP contribution in [0.1, 0.15) is 36.5 Å². The van der Waals surface area contributed by atoms with Crippen LogP contribution in [-0.2, 0) is 13.0 Å². The van der Waals surface area contributed by atoms with Crippen molar-refractivity contribution in [3.63, 3.8) is 0 Å². The second-order valence-corrected chi connectivity index (χ2v) is 7.83. The standard InChI is InChI=1S/C20H25N5O2S/c1-13(2)12-25-17(23-24-20(25)28-3)9-6-10-21-19(27)15-11-18(26)22-16-8-5-4-7-14(15)16/h4-5,7-8,11,13H,6,9-10,12H2,1-3H3,(H,21,27)(H,22,26). The Morgan fingerprint density at radius 1 is 1.29 bits per heavy atom. The van der Waals surface area contributed by atoms with Gasteiger partial charge < -0.3 is 14.9 Å². The number of thioether (sulfide) groups is 1. The molecule has 3 rings (SSSR count). The van der Waals surface area contributed by atoms with E-state index in [1.54, 1.807) is 17.8 Å². The van der Waals surface area contributed by atoms with Crippen molar-refractivity contribution in [2.75, 3.05) is 12.8 Å². The summed E-state index contributed by atoms with van der Waals surface area (Å²) >= 11 is 1.59. The second kappa shape index (κ2) is 9.05. The number of aromatic amines is 1. The number of H-pyrrole nitrogens is 1. The molecule has 2 heterocycles.